The number of benzene rings is 1. The first-order chi connectivity index (χ1) is 9.10. The Morgan fingerprint density at radius 1 is 1.42 bits per heavy atom. The maximum absolute atomic E-state index is 12.1. The monoisotopic (exact) mass is 340 g/mol. The van der Waals surface area contributed by atoms with Gasteiger partial charge < -0.3 is 10.4 Å². The Morgan fingerprint density at radius 2 is 2.21 bits per heavy atom. The molecule has 98 valence electrons. The number of pyridine rings is 1. The summed E-state index contributed by atoms with van der Waals surface area (Å²) in [5.74, 6) is -0.353. The van der Waals surface area contributed by atoms with Crippen molar-refractivity contribution in [2.45, 2.75) is 6.61 Å². The molecule has 0 saturated heterocycles. The van der Waals surface area contributed by atoms with Crippen LogP contribution in [0.3, 0.4) is 0 Å². The molecule has 0 atom stereocenters. The summed E-state index contributed by atoms with van der Waals surface area (Å²) in [4.78, 5) is 16.0. The van der Waals surface area contributed by atoms with Crippen LogP contribution in [-0.4, -0.2) is 16.0 Å². The molecule has 0 radical (unpaired) electrons. The van der Waals surface area contributed by atoms with Gasteiger partial charge in [-0.2, -0.15) is 0 Å². The fourth-order valence-corrected chi connectivity index (χ4v) is 2.05. The van der Waals surface area contributed by atoms with Crippen LogP contribution in [0.25, 0.3) is 0 Å². The minimum absolute atomic E-state index is 0.0804. The van der Waals surface area contributed by atoms with Crippen LogP contribution >= 0.6 is 27.5 Å². The summed E-state index contributed by atoms with van der Waals surface area (Å²) in [6.45, 7) is -0.0804. The van der Waals surface area contributed by atoms with Gasteiger partial charge in [-0.15, -0.1) is 0 Å². The van der Waals surface area contributed by atoms with Gasteiger partial charge in [0.05, 0.1) is 12.2 Å². The van der Waals surface area contributed by atoms with Gasteiger partial charge in [-0.25, -0.2) is 4.98 Å². The summed E-state index contributed by atoms with van der Waals surface area (Å²) in [5, 5.41) is 11.9. The number of aliphatic hydroxyl groups excluding tert-OH is 1. The van der Waals surface area contributed by atoms with E-state index in [-0.39, 0.29) is 23.2 Å². The van der Waals surface area contributed by atoms with E-state index < -0.39 is 0 Å². The number of carbonyl (C=O) groups is 1. The number of carbonyl (C=O) groups excluding carboxylic acids is 1. The Bertz CT molecular complexity index is 619. The van der Waals surface area contributed by atoms with Gasteiger partial charge in [0.25, 0.3) is 5.91 Å². The second-order valence-electron chi connectivity index (χ2n) is 3.80. The highest BCUT2D eigenvalue weighted by atomic mass is 79.9. The van der Waals surface area contributed by atoms with Gasteiger partial charge in [0.2, 0.25) is 0 Å². The number of nitrogens with zero attached hydrogens (tertiary/aromatic N) is 1. The van der Waals surface area contributed by atoms with E-state index in [1.54, 1.807) is 30.3 Å². The molecule has 0 aliphatic carbocycles. The number of amides is 1. The SMILES string of the molecule is O=C(Nc1cccc(CO)c1)c1cc(Br)cnc1Cl. The third kappa shape index (κ3) is 3.53. The standard InChI is InChI=1S/C13H10BrClN2O2/c14-9-5-11(12(15)16-6-9)13(19)17-10-3-1-2-8(4-10)7-18/h1-6,18H,7H2,(H,17,19). The van der Waals surface area contributed by atoms with Crippen LogP contribution in [0.2, 0.25) is 5.15 Å². The molecule has 0 saturated carbocycles. The second-order valence-corrected chi connectivity index (χ2v) is 5.08. The minimum Gasteiger partial charge on any atom is -0.392 e. The third-order valence-corrected chi connectivity index (χ3v) is 3.15. The molecule has 0 bridgehead atoms. The van der Waals surface area contributed by atoms with E-state index in [1.807, 2.05) is 0 Å². The smallest absolute Gasteiger partial charge is 0.258 e. The molecule has 0 aliphatic rings. The van der Waals surface area contributed by atoms with Crippen LogP contribution in [0.1, 0.15) is 15.9 Å². The fraction of sp³-hybridized carbons (Fsp3) is 0.0769. The van der Waals surface area contributed by atoms with Gasteiger partial charge in [-0.1, -0.05) is 23.7 Å². The number of aromatic nitrogens is 1. The molecular weight excluding hydrogens is 332 g/mol. The largest absolute Gasteiger partial charge is 0.392 e. The topological polar surface area (TPSA) is 62.2 Å². The molecule has 0 aliphatic heterocycles. The van der Waals surface area contributed by atoms with Gasteiger partial charge in [0.15, 0.2) is 0 Å². The molecule has 2 aromatic rings. The van der Waals surface area contributed by atoms with Crippen molar-refractivity contribution in [3.05, 3.63) is 57.3 Å². The summed E-state index contributed by atoms with van der Waals surface area (Å²) < 4.78 is 0.672. The van der Waals surface area contributed by atoms with E-state index in [9.17, 15) is 4.79 Å². The lowest BCUT2D eigenvalue weighted by Gasteiger charge is -2.07. The van der Waals surface area contributed by atoms with Gasteiger partial charge in [-0.05, 0) is 39.7 Å². The average molecular weight is 342 g/mol. The van der Waals surface area contributed by atoms with E-state index in [0.29, 0.717) is 10.2 Å². The molecule has 0 unspecified atom stereocenters. The molecule has 19 heavy (non-hydrogen) atoms. The quantitative estimate of drug-likeness (QED) is 0.843. The molecule has 1 aromatic carbocycles. The number of aliphatic hydroxyl groups is 1. The predicted octanol–water partition coefficient (Wildman–Crippen LogP) is 3.24. The van der Waals surface area contributed by atoms with Crippen molar-refractivity contribution < 1.29 is 9.90 Å². The Balaban J connectivity index is 2.23. The molecule has 0 fully saturated rings. The maximum atomic E-state index is 12.1. The first kappa shape index (κ1) is 14.0. The molecule has 0 spiro atoms. The second kappa shape index (κ2) is 6.14. The van der Waals surface area contributed by atoms with Crippen molar-refractivity contribution in [2.75, 3.05) is 5.32 Å². The highest BCUT2D eigenvalue weighted by Gasteiger charge is 2.12. The highest BCUT2D eigenvalue weighted by molar-refractivity contribution is 9.10. The zero-order valence-electron chi connectivity index (χ0n) is 9.73. The third-order valence-electron chi connectivity index (χ3n) is 2.42. The van der Waals surface area contributed by atoms with Crippen molar-refractivity contribution in [3.8, 4) is 0 Å². The van der Waals surface area contributed by atoms with Crippen molar-refractivity contribution in [3.63, 3.8) is 0 Å². The summed E-state index contributed by atoms with van der Waals surface area (Å²) in [6, 6.07) is 8.54. The van der Waals surface area contributed by atoms with Crippen LogP contribution in [0, 0.1) is 0 Å². The molecule has 4 nitrogen and oxygen atoms in total. The van der Waals surface area contributed by atoms with Crippen molar-refractivity contribution in [1.29, 1.82) is 0 Å². The molecular formula is C13H10BrClN2O2. The van der Waals surface area contributed by atoms with Crippen molar-refractivity contribution in [2.24, 2.45) is 0 Å². The number of nitrogens with one attached hydrogen (secondary N) is 1. The number of hydrogen-bond donors (Lipinski definition) is 2. The first-order valence-corrected chi connectivity index (χ1v) is 6.59. The van der Waals surface area contributed by atoms with Crippen LogP contribution in [0.5, 0.6) is 0 Å². The normalized spacial score (nSPS) is 10.3. The van der Waals surface area contributed by atoms with Gasteiger partial charge in [0.1, 0.15) is 5.15 Å². The molecule has 1 amide bonds. The molecule has 1 aromatic heterocycles. The first-order valence-electron chi connectivity index (χ1n) is 5.42. The summed E-state index contributed by atoms with van der Waals surface area (Å²) in [5.41, 5.74) is 1.59. The number of rotatable bonds is 3. The van der Waals surface area contributed by atoms with Crippen LogP contribution in [-0.2, 0) is 6.61 Å². The fourth-order valence-electron chi connectivity index (χ4n) is 1.53. The zero-order valence-corrected chi connectivity index (χ0v) is 12.1. The van der Waals surface area contributed by atoms with Crippen LogP contribution in [0.15, 0.2) is 41.0 Å². The van der Waals surface area contributed by atoms with E-state index in [2.05, 4.69) is 26.2 Å². The van der Waals surface area contributed by atoms with Crippen LogP contribution < -0.4 is 5.32 Å². The summed E-state index contributed by atoms with van der Waals surface area (Å²) in [6.07, 6.45) is 1.52. The van der Waals surface area contributed by atoms with E-state index in [1.165, 1.54) is 6.20 Å². The Morgan fingerprint density at radius 3 is 2.95 bits per heavy atom. The average Bonchev–Trinajstić information content (AvgIpc) is 2.41. The lowest BCUT2D eigenvalue weighted by molar-refractivity contribution is 0.102. The van der Waals surface area contributed by atoms with E-state index >= 15 is 0 Å². The Kier molecular flexibility index (Phi) is 4.52. The highest BCUT2D eigenvalue weighted by Crippen LogP contribution is 2.20. The lowest BCUT2D eigenvalue weighted by atomic mass is 10.2. The molecule has 2 N–H and O–H groups in total. The Hall–Kier alpha value is -1.43. The predicted molar refractivity (Wildman–Crippen MR) is 77.3 cm³/mol. The number of halogens is 2. The number of hydrogen-bond acceptors (Lipinski definition) is 3. The van der Waals surface area contributed by atoms with Crippen molar-refractivity contribution in [1.82, 2.24) is 4.98 Å². The molecule has 1 heterocycles. The minimum atomic E-state index is -0.353. The zero-order chi connectivity index (χ0) is 13.8. The van der Waals surface area contributed by atoms with E-state index in [4.69, 9.17) is 16.7 Å². The number of anilines is 1. The van der Waals surface area contributed by atoms with Crippen molar-refractivity contribution >= 4 is 39.1 Å². The lowest BCUT2D eigenvalue weighted by Crippen LogP contribution is -2.13. The molecule has 6 heteroatoms. The van der Waals surface area contributed by atoms with Gasteiger partial charge >= 0.3 is 0 Å². The maximum Gasteiger partial charge on any atom is 0.258 e. The van der Waals surface area contributed by atoms with Gasteiger partial charge in [0, 0.05) is 16.4 Å². The van der Waals surface area contributed by atoms with Crippen LogP contribution in [0.4, 0.5) is 5.69 Å². The summed E-state index contributed by atoms with van der Waals surface area (Å²) >= 11 is 9.12. The van der Waals surface area contributed by atoms with E-state index in [0.717, 1.165) is 5.56 Å². The van der Waals surface area contributed by atoms with Gasteiger partial charge in [-0.3, -0.25) is 4.79 Å². The summed E-state index contributed by atoms with van der Waals surface area (Å²) in [7, 11) is 0. The Labute approximate surface area is 123 Å². The molecule has 2 rings (SSSR count).